The number of ether oxygens (including phenoxy) is 1. The minimum atomic E-state index is -0.0339. The molecular formula is C18H26N2O2. The zero-order valence-corrected chi connectivity index (χ0v) is 13.3. The molecule has 1 saturated carbocycles. The molecule has 3 rings (SSSR count). The van der Waals surface area contributed by atoms with Crippen molar-refractivity contribution in [1.82, 2.24) is 5.32 Å². The van der Waals surface area contributed by atoms with Gasteiger partial charge in [-0.3, -0.25) is 4.79 Å². The Balaban J connectivity index is 1.67. The molecule has 0 spiro atoms. The van der Waals surface area contributed by atoms with E-state index in [-0.39, 0.29) is 30.0 Å². The third-order valence-electron chi connectivity index (χ3n) is 4.90. The molecule has 1 aliphatic heterocycles. The molecule has 4 atom stereocenters. The Bertz CT molecular complexity index is 514. The number of benzene rings is 1. The van der Waals surface area contributed by atoms with Gasteiger partial charge in [0.2, 0.25) is 5.91 Å². The van der Waals surface area contributed by atoms with Crippen LogP contribution in [0, 0.1) is 12.8 Å². The standard InChI is InChI=1S/C18H26N2O2/c1-12-4-6-13(7-5-12)17-16(3-2-10-22-17)20-18(21)14-8-9-15(19)11-14/h4-7,14-17H,2-3,8-11,19H2,1H3,(H,20,21). The Morgan fingerprint density at radius 2 is 2.00 bits per heavy atom. The van der Waals surface area contributed by atoms with Crippen LogP contribution in [0.4, 0.5) is 0 Å². The van der Waals surface area contributed by atoms with E-state index in [0.29, 0.717) is 0 Å². The summed E-state index contributed by atoms with van der Waals surface area (Å²) in [6, 6.07) is 8.67. The molecule has 120 valence electrons. The molecule has 1 amide bonds. The van der Waals surface area contributed by atoms with Crippen molar-refractivity contribution in [2.45, 2.75) is 57.2 Å². The second-order valence-corrected chi connectivity index (χ2v) is 6.73. The summed E-state index contributed by atoms with van der Waals surface area (Å²) in [5.41, 5.74) is 8.31. The summed E-state index contributed by atoms with van der Waals surface area (Å²) in [4.78, 5) is 12.5. The first kappa shape index (κ1) is 15.5. The highest BCUT2D eigenvalue weighted by Crippen LogP contribution is 2.30. The van der Waals surface area contributed by atoms with Crippen LogP contribution in [0.5, 0.6) is 0 Å². The molecule has 0 radical (unpaired) electrons. The summed E-state index contributed by atoms with van der Waals surface area (Å²) in [5.74, 6) is 0.233. The SMILES string of the molecule is Cc1ccc(C2OCCCC2NC(=O)C2CCC(N)C2)cc1. The molecule has 22 heavy (non-hydrogen) atoms. The van der Waals surface area contributed by atoms with Crippen LogP contribution in [0.25, 0.3) is 0 Å². The van der Waals surface area contributed by atoms with Crippen molar-refractivity contribution in [2.75, 3.05) is 6.61 Å². The fourth-order valence-electron chi connectivity index (χ4n) is 3.57. The molecule has 1 aromatic rings. The number of rotatable bonds is 3. The molecular weight excluding hydrogens is 276 g/mol. The van der Waals surface area contributed by atoms with E-state index >= 15 is 0 Å². The van der Waals surface area contributed by atoms with E-state index in [1.54, 1.807) is 0 Å². The van der Waals surface area contributed by atoms with Gasteiger partial charge in [-0.1, -0.05) is 29.8 Å². The molecule has 1 aromatic carbocycles. The maximum Gasteiger partial charge on any atom is 0.223 e. The van der Waals surface area contributed by atoms with E-state index in [4.69, 9.17) is 10.5 Å². The fraction of sp³-hybridized carbons (Fsp3) is 0.611. The lowest BCUT2D eigenvalue weighted by atomic mass is 9.94. The van der Waals surface area contributed by atoms with Crippen molar-refractivity contribution in [3.05, 3.63) is 35.4 Å². The fourth-order valence-corrected chi connectivity index (χ4v) is 3.57. The van der Waals surface area contributed by atoms with Gasteiger partial charge < -0.3 is 15.8 Å². The van der Waals surface area contributed by atoms with Gasteiger partial charge in [0.05, 0.1) is 6.04 Å². The van der Waals surface area contributed by atoms with Gasteiger partial charge in [-0.05, 0) is 44.6 Å². The molecule has 4 nitrogen and oxygen atoms in total. The number of hydrogen-bond donors (Lipinski definition) is 2. The number of carbonyl (C=O) groups is 1. The molecule has 2 aliphatic rings. The molecule has 4 unspecified atom stereocenters. The first-order valence-electron chi connectivity index (χ1n) is 8.37. The quantitative estimate of drug-likeness (QED) is 0.901. The van der Waals surface area contributed by atoms with Gasteiger partial charge in [-0.2, -0.15) is 0 Å². The number of amides is 1. The van der Waals surface area contributed by atoms with Crippen LogP contribution in [0.2, 0.25) is 0 Å². The molecule has 0 aromatic heterocycles. The zero-order chi connectivity index (χ0) is 15.5. The maximum absolute atomic E-state index is 12.5. The van der Waals surface area contributed by atoms with Gasteiger partial charge in [-0.25, -0.2) is 0 Å². The van der Waals surface area contributed by atoms with E-state index in [1.807, 2.05) is 0 Å². The van der Waals surface area contributed by atoms with E-state index < -0.39 is 0 Å². The Morgan fingerprint density at radius 3 is 2.68 bits per heavy atom. The van der Waals surface area contributed by atoms with Gasteiger partial charge in [0.1, 0.15) is 6.10 Å². The van der Waals surface area contributed by atoms with Gasteiger partial charge in [-0.15, -0.1) is 0 Å². The highest BCUT2D eigenvalue weighted by molar-refractivity contribution is 5.79. The Hall–Kier alpha value is -1.39. The summed E-state index contributed by atoms with van der Waals surface area (Å²) >= 11 is 0. The van der Waals surface area contributed by atoms with Gasteiger partial charge in [0.25, 0.3) is 0 Å². The first-order chi connectivity index (χ1) is 10.6. The van der Waals surface area contributed by atoms with Crippen LogP contribution < -0.4 is 11.1 Å². The maximum atomic E-state index is 12.5. The third-order valence-corrected chi connectivity index (χ3v) is 4.90. The predicted octanol–water partition coefficient (Wildman–Crippen LogP) is 2.46. The Morgan fingerprint density at radius 1 is 1.23 bits per heavy atom. The number of nitrogens with one attached hydrogen (secondary N) is 1. The van der Waals surface area contributed by atoms with Crippen molar-refractivity contribution in [3.63, 3.8) is 0 Å². The van der Waals surface area contributed by atoms with Gasteiger partial charge in [0.15, 0.2) is 0 Å². The van der Waals surface area contributed by atoms with Crippen LogP contribution in [-0.2, 0) is 9.53 Å². The number of hydrogen-bond acceptors (Lipinski definition) is 3. The molecule has 2 fully saturated rings. The number of aryl methyl sites for hydroxylation is 1. The molecule has 3 N–H and O–H groups in total. The van der Waals surface area contributed by atoms with Crippen molar-refractivity contribution >= 4 is 5.91 Å². The van der Waals surface area contributed by atoms with Crippen molar-refractivity contribution in [3.8, 4) is 0 Å². The topological polar surface area (TPSA) is 64.3 Å². The zero-order valence-electron chi connectivity index (χ0n) is 13.3. The largest absolute Gasteiger partial charge is 0.371 e. The van der Waals surface area contributed by atoms with Crippen LogP contribution in [0.15, 0.2) is 24.3 Å². The van der Waals surface area contributed by atoms with Crippen LogP contribution in [0.3, 0.4) is 0 Å². The lowest BCUT2D eigenvalue weighted by Gasteiger charge is -2.33. The summed E-state index contributed by atoms with van der Waals surface area (Å²) in [5, 5.41) is 3.23. The molecule has 1 aliphatic carbocycles. The summed E-state index contributed by atoms with van der Waals surface area (Å²) in [7, 11) is 0. The highest BCUT2D eigenvalue weighted by Gasteiger charge is 2.33. The minimum absolute atomic E-state index is 0.0339. The Kier molecular flexibility index (Phi) is 4.79. The van der Waals surface area contributed by atoms with E-state index in [2.05, 4.69) is 36.5 Å². The minimum Gasteiger partial charge on any atom is -0.371 e. The van der Waals surface area contributed by atoms with Crippen molar-refractivity contribution in [2.24, 2.45) is 11.7 Å². The molecule has 1 heterocycles. The summed E-state index contributed by atoms with van der Waals surface area (Å²) < 4.78 is 5.96. The lowest BCUT2D eigenvalue weighted by Crippen LogP contribution is -2.45. The molecule has 0 bridgehead atoms. The normalized spacial score (nSPS) is 31.9. The third kappa shape index (κ3) is 3.50. The lowest BCUT2D eigenvalue weighted by molar-refractivity contribution is -0.128. The summed E-state index contributed by atoms with van der Waals surface area (Å²) in [6.45, 7) is 2.84. The van der Waals surface area contributed by atoms with Gasteiger partial charge in [0, 0.05) is 18.6 Å². The smallest absolute Gasteiger partial charge is 0.223 e. The number of nitrogens with two attached hydrogens (primary N) is 1. The summed E-state index contributed by atoms with van der Waals surface area (Å²) in [6.07, 6.45) is 4.62. The second kappa shape index (κ2) is 6.80. The average molecular weight is 302 g/mol. The van der Waals surface area contributed by atoms with E-state index in [9.17, 15) is 4.79 Å². The second-order valence-electron chi connectivity index (χ2n) is 6.73. The average Bonchev–Trinajstić information content (AvgIpc) is 2.95. The first-order valence-corrected chi connectivity index (χ1v) is 8.37. The predicted molar refractivity (Wildman–Crippen MR) is 86.4 cm³/mol. The molecule has 1 saturated heterocycles. The Labute approximate surface area is 132 Å². The van der Waals surface area contributed by atoms with Crippen LogP contribution >= 0.6 is 0 Å². The molecule has 4 heteroatoms. The van der Waals surface area contributed by atoms with Crippen LogP contribution in [0.1, 0.15) is 49.3 Å². The van der Waals surface area contributed by atoms with E-state index in [0.717, 1.165) is 44.3 Å². The van der Waals surface area contributed by atoms with Gasteiger partial charge >= 0.3 is 0 Å². The van der Waals surface area contributed by atoms with E-state index in [1.165, 1.54) is 5.56 Å². The van der Waals surface area contributed by atoms with Crippen molar-refractivity contribution < 1.29 is 9.53 Å². The van der Waals surface area contributed by atoms with Crippen LogP contribution in [-0.4, -0.2) is 24.6 Å². The number of carbonyl (C=O) groups excluding carboxylic acids is 1. The monoisotopic (exact) mass is 302 g/mol. The van der Waals surface area contributed by atoms with Crippen molar-refractivity contribution in [1.29, 1.82) is 0 Å². The highest BCUT2D eigenvalue weighted by atomic mass is 16.5.